The predicted molar refractivity (Wildman–Crippen MR) is 105 cm³/mol. The average Bonchev–Trinajstić information content (AvgIpc) is 2.99. The molecule has 0 atom stereocenters. The van der Waals surface area contributed by atoms with E-state index in [0.29, 0.717) is 4.88 Å². The summed E-state index contributed by atoms with van der Waals surface area (Å²) >= 11 is 1.39. The number of carbonyl (C=O) groups excluding carboxylic acids is 2. The van der Waals surface area contributed by atoms with Crippen LogP contribution in [0, 0.1) is 6.92 Å². The second-order valence-corrected chi connectivity index (χ2v) is 9.13. The first-order chi connectivity index (χ1) is 12.6. The van der Waals surface area contributed by atoms with E-state index < -0.39 is 21.8 Å². The van der Waals surface area contributed by atoms with Gasteiger partial charge in [0.05, 0.1) is 9.77 Å². The van der Waals surface area contributed by atoms with Crippen molar-refractivity contribution in [2.75, 3.05) is 0 Å². The maximum absolute atomic E-state index is 12.2. The van der Waals surface area contributed by atoms with Gasteiger partial charge in [-0.25, -0.2) is 13.1 Å². The molecule has 1 aromatic carbocycles. The fourth-order valence-electron chi connectivity index (χ4n) is 2.39. The van der Waals surface area contributed by atoms with Gasteiger partial charge < -0.3 is 0 Å². The van der Waals surface area contributed by atoms with E-state index in [1.54, 1.807) is 19.9 Å². The van der Waals surface area contributed by atoms with Crippen LogP contribution in [0.3, 0.4) is 0 Å². The molecule has 0 unspecified atom stereocenters. The second-order valence-electron chi connectivity index (χ2n) is 6.28. The van der Waals surface area contributed by atoms with Gasteiger partial charge >= 0.3 is 0 Å². The van der Waals surface area contributed by atoms with Crippen LogP contribution in [-0.4, -0.2) is 26.3 Å². The van der Waals surface area contributed by atoms with Crippen molar-refractivity contribution in [3.8, 4) is 0 Å². The van der Waals surface area contributed by atoms with Crippen LogP contribution < -0.4 is 15.6 Å². The van der Waals surface area contributed by atoms with Crippen LogP contribution in [0.5, 0.6) is 0 Å². The summed E-state index contributed by atoms with van der Waals surface area (Å²) in [6, 6.07) is 7.02. The van der Waals surface area contributed by atoms with Gasteiger partial charge in [0, 0.05) is 16.5 Å². The van der Waals surface area contributed by atoms with E-state index in [9.17, 15) is 18.0 Å². The lowest BCUT2D eigenvalue weighted by Gasteiger charge is -2.10. The normalized spacial score (nSPS) is 11.4. The van der Waals surface area contributed by atoms with Gasteiger partial charge in [-0.15, -0.1) is 11.3 Å². The molecular weight excluding hydrogens is 386 g/mol. The summed E-state index contributed by atoms with van der Waals surface area (Å²) in [5.74, 6) is -0.926. The molecule has 7 nitrogen and oxygen atoms in total. The van der Waals surface area contributed by atoms with Gasteiger partial charge in [-0.1, -0.05) is 6.92 Å². The van der Waals surface area contributed by atoms with Gasteiger partial charge in [-0.05, 0) is 63.1 Å². The van der Waals surface area contributed by atoms with E-state index in [4.69, 9.17) is 0 Å². The van der Waals surface area contributed by atoms with Crippen LogP contribution in [-0.2, 0) is 16.4 Å². The molecule has 0 aliphatic rings. The van der Waals surface area contributed by atoms with Crippen LogP contribution in [0.15, 0.2) is 35.2 Å². The van der Waals surface area contributed by atoms with Crippen molar-refractivity contribution in [2.45, 2.75) is 45.1 Å². The van der Waals surface area contributed by atoms with E-state index in [2.05, 4.69) is 15.6 Å². The quantitative estimate of drug-likeness (QED) is 0.637. The number of amides is 2. The maximum atomic E-state index is 12.2. The Kier molecular flexibility index (Phi) is 6.74. The van der Waals surface area contributed by atoms with Crippen LogP contribution >= 0.6 is 11.3 Å². The molecule has 3 N–H and O–H groups in total. The Morgan fingerprint density at radius 3 is 2.19 bits per heavy atom. The van der Waals surface area contributed by atoms with Crippen molar-refractivity contribution >= 4 is 33.2 Å². The number of benzene rings is 1. The van der Waals surface area contributed by atoms with Crippen LogP contribution in [0.2, 0.25) is 0 Å². The Morgan fingerprint density at radius 2 is 1.67 bits per heavy atom. The summed E-state index contributed by atoms with van der Waals surface area (Å²) in [7, 11) is -3.62. The molecule has 9 heteroatoms. The molecule has 146 valence electrons. The Morgan fingerprint density at radius 1 is 1.07 bits per heavy atom. The molecule has 0 aliphatic heterocycles. The number of hydrazine groups is 1. The third kappa shape index (κ3) is 5.38. The zero-order valence-corrected chi connectivity index (χ0v) is 17.3. The van der Waals surface area contributed by atoms with Crippen molar-refractivity contribution in [1.29, 1.82) is 0 Å². The molecular formula is C18H23N3O4S2. The van der Waals surface area contributed by atoms with Gasteiger partial charge in [0.25, 0.3) is 11.8 Å². The zero-order valence-electron chi connectivity index (χ0n) is 15.6. The molecule has 2 aromatic rings. The zero-order chi connectivity index (χ0) is 20.2. The molecule has 0 bridgehead atoms. The average molecular weight is 410 g/mol. The summed E-state index contributed by atoms with van der Waals surface area (Å²) in [6.07, 6.45) is 0.844. The highest BCUT2D eigenvalue weighted by Gasteiger charge is 2.17. The molecule has 27 heavy (non-hydrogen) atoms. The molecule has 2 rings (SSSR count). The molecule has 2 amide bonds. The van der Waals surface area contributed by atoms with Crippen molar-refractivity contribution in [2.24, 2.45) is 0 Å². The minimum Gasteiger partial charge on any atom is -0.267 e. The number of aryl methyl sites for hydroxylation is 2. The third-order valence-electron chi connectivity index (χ3n) is 3.67. The number of hydrogen-bond acceptors (Lipinski definition) is 5. The number of nitrogens with one attached hydrogen (secondary N) is 3. The highest BCUT2D eigenvalue weighted by atomic mass is 32.2. The number of sulfonamides is 1. The van der Waals surface area contributed by atoms with Crippen molar-refractivity contribution in [3.05, 3.63) is 51.2 Å². The number of rotatable bonds is 6. The van der Waals surface area contributed by atoms with Gasteiger partial charge in [0.15, 0.2) is 0 Å². The van der Waals surface area contributed by atoms with Crippen molar-refractivity contribution in [3.63, 3.8) is 0 Å². The Balaban J connectivity index is 2.00. The van der Waals surface area contributed by atoms with Gasteiger partial charge in [-0.2, -0.15) is 0 Å². The molecule has 0 aliphatic carbocycles. The van der Waals surface area contributed by atoms with E-state index in [1.807, 2.05) is 13.8 Å². The summed E-state index contributed by atoms with van der Waals surface area (Å²) < 4.78 is 26.6. The third-order valence-corrected chi connectivity index (χ3v) is 6.73. The van der Waals surface area contributed by atoms with E-state index in [-0.39, 0.29) is 16.5 Å². The van der Waals surface area contributed by atoms with Gasteiger partial charge in [0.1, 0.15) is 0 Å². The maximum Gasteiger partial charge on any atom is 0.279 e. The largest absolute Gasteiger partial charge is 0.279 e. The number of hydrogen-bond donors (Lipinski definition) is 3. The number of thiophene rings is 1. The SMILES string of the molecule is CCc1sc(C(=O)NNC(=O)c2ccc(S(=O)(=O)NC(C)C)cc2)cc1C. The Hall–Kier alpha value is -2.23. The number of carbonyl (C=O) groups is 2. The van der Waals surface area contributed by atoms with Crippen molar-refractivity contribution in [1.82, 2.24) is 15.6 Å². The molecule has 0 fully saturated rings. The first-order valence-electron chi connectivity index (χ1n) is 8.46. The first kappa shape index (κ1) is 21.1. The molecule has 1 heterocycles. The summed E-state index contributed by atoms with van der Waals surface area (Å²) in [5, 5.41) is 0. The smallest absolute Gasteiger partial charge is 0.267 e. The Bertz CT molecular complexity index is 932. The predicted octanol–water partition coefficient (Wildman–Crippen LogP) is 2.38. The van der Waals surface area contributed by atoms with E-state index in [0.717, 1.165) is 16.9 Å². The highest BCUT2D eigenvalue weighted by Crippen LogP contribution is 2.22. The monoisotopic (exact) mass is 409 g/mol. The van der Waals surface area contributed by atoms with Gasteiger partial charge in [0.2, 0.25) is 10.0 Å². The second kappa shape index (κ2) is 8.64. The lowest BCUT2D eigenvalue weighted by molar-refractivity contribution is 0.0849. The topological polar surface area (TPSA) is 104 Å². The minimum absolute atomic E-state index is 0.0675. The first-order valence-corrected chi connectivity index (χ1v) is 10.8. The molecule has 0 saturated heterocycles. The fraction of sp³-hybridized carbons (Fsp3) is 0.333. The van der Waals surface area contributed by atoms with E-state index >= 15 is 0 Å². The Labute approximate surface area is 163 Å². The fourth-order valence-corrected chi connectivity index (χ4v) is 4.65. The molecule has 0 spiro atoms. The molecule has 1 aromatic heterocycles. The lowest BCUT2D eigenvalue weighted by Crippen LogP contribution is -2.41. The molecule has 0 saturated carbocycles. The van der Waals surface area contributed by atoms with Crippen LogP contribution in [0.4, 0.5) is 0 Å². The summed E-state index contributed by atoms with van der Waals surface area (Å²) in [4.78, 5) is 26.0. The van der Waals surface area contributed by atoms with E-state index in [1.165, 1.54) is 35.6 Å². The van der Waals surface area contributed by atoms with Crippen molar-refractivity contribution < 1.29 is 18.0 Å². The summed E-state index contributed by atoms with van der Waals surface area (Å²) in [5.41, 5.74) is 5.99. The van der Waals surface area contributed by atoms with Gasteiger partial charge in [-0.3, -0.25) is 20.4 Å². The summed E-state index contributed by atoms with van der Waals surface area (Å²) in [6.45, 7) is 7.40. The highest BCUT2D eigenvalue weighted by molar-refractivity contribution is 7.89. The lowest BCUT2D eigenvalue weighted by atomic mass is 10.2. The minimum atomic E-state index is -3.62. The standard InChI is InChI=1S/C18H23N3O4S2/c1-5-15-12(4)10-16(26-15)18(23)20-19-17(22)13-6-8-14(9-7-13)27(24,25)21-11(2)3/h6-11,21H,5H2,1-4H3,(H,19,22)(H,20,23). The van der Waals surface area contributed by atoms with Crippen LogP contribution in [0.1, 0.15) is 51.2 Å². The van der Waals surface area contributed by atoms with Crippen LogP contribution in [0.25, 0.3) is 0 Å². The molecule has 0 radical (unpaired) electrons.